The van der Waals surface area contributed by atoms with Crippen LogP contribution in [0.25, 0.3) is 0 Å². The van der Waals surface area contributed by atoms with Crippen LogP contribution in [0.4, 0.5) is 11.4 Å². The van der Waals surface area contributed by atoms with Gasteiger partial charge in [-0.1, -0.05) is 12.1 Å². The smallest absolute Gasteiger partial charge is 0.285 e. The lowest BCUT2D eigenvalue weighted by Crippen LogP contribution is -3.00. The second-order valence-corrected chi connectivity index (χ2v) is 8.98. The van der Waals surface area contributed by atoms with E-state index in [1.54, 1.807) is 4.90 Å². The minimum atomic E-state index is -0.142. The van der Waals surface area contributed by atoms with Crippen molar-refractivity contribution >= 4 is 23.2 Å². The van der Waals surface area contributed by atoms with Gasteiger partial charge in [0.05, 0.1) is 17.4 Å². The molecule has 0 radical (unpaired) electrons. The highest BCUT2D eigenvalue weighted by Crippen LogP contribution is 2.52. The first kappa shape index (κ1) is 16.3. The van der Waals surface area contributed by atoms with Crippen molar-refractivity contribution in [3.8, 4) is 0 Å². The van der Waals surface area contributed by atoms with E-state index in [4.69, 9.17) is 0 Å². The summed E-state index contributed by atoms with van der Waals surface area (Å²) in [5, 5.41) is 5.20. The highest BCUT2D eigenvalue weighted by Gasteiger charge is 2.51. The highest BCUT2D eigenvalue weighted by atomic mass is 16.2. The van der Waals surface area contributed by atoms with Gasteiger partial charge in [-0.15, -0.1) is 0 Å². The second kappa shape index (κ2) is 6.08. The molecule has 0 spiro atoms. The van der Waals surface area contributed by atoms with Crippen LogP contribution in [0.2, 0.25) is 0 Å². The van der Waals surface area contributed by atoms with Crippen LogP contribution in [-0.2, 0) is 9.59 Å². The molecule has 3 N–H and O–H groups in total. The molecule has 26 heavy (non-hydrogen) atoms. The Labute approximate surface area is 154 Å². The number of nitrogens with one attached hydrogen (secondary N) is 1. The third kappa shape index (κ3) is 2.64. The summed E-state index contributed by atoms with van der Waals surface area (Å²) in [6.07, 6.45) is 6.91. The van der Waals surface area contributed by atoms with E-state index >= 15 is 0 Å². The average molecular weight is 354 g/mol. The van der Waals surface area contributed by atoms with Crippen LogP contribution >= 0.6 is 0 Å². The Hall–Kier alpha value is -1.88. The molecule has 5 nitrogen and oxygen atoms in total. The number of rotatable bonds is 3. The topological polar surface area (TPSA) is 66.0 Å². The zero-order valence-corrected chi connectivity index (χ0v) is 15.4. The van der Waals surface area contributed by atoms with Gasteiger partial charge in [-0.05, 0) is 63.0 Å². The number of fused-ring (bicyclic) bond motifs is 1. The minimum Gasteiger partial charge on any atom is -0.333 e. The minimum absolute atomic E-state index is 0.0566. The number of nitrogens with two attached hydrogens (primary N) is 1. The summed E-state index contributed by atoms with van der Waals surface area (Å²) in [5.41, 5.74) is 1.56. The number of para-hydroxylation sites is 2. The van der Waals surface area contributed by atoms with Gasteiger partial charge < -0.3 is 10.6 Å². The Balaban J connectivity index is 1.32. The van der Waals surface area contributed by atoms with Crippen molar-refractivity contribution < 1.29 is 14.9 Å². The van der Waals surface area contributed by atoms with Gasteiger partial charge in [0.25, 0.3) is 5.91 Å². The van der Waals surface area contributed by atoms with Crippen LogP contribution < -0.4 is 15.5 Å². The maximum atomic E-state index is 13.2. The van der Waals surface area contributed by atoms with Crippen molar-refractivity contribution in [1.82, 2.24) is 0 Å². The molecule has 1 heterocycles. The summed E-state index contributed by atoms with van der Waals surface area (Å²) < 4.78 is 0. The summed E-state index contributed by atoms with van der Waals surface area (Å²) in [6, 6.07) is 8.04. The number of carbonyl (C=O) groups is 2. The predicted molar refractivity (Wildman–Crippen MR) is 99.6 cm³/mol. The zero-order valence-electron chi connectivity index (χ0n) is 15.4. The van der Waals surface area contributed by atoms with Gasteiger partial charge >= 0.3 is 0 Å². The molecule has 1 aromatic carbocycles. The van der Waals surface area contributed by atoms with Crippen molar-refractivity contribution in [2.75, 3.05) is 16.8 Å². The molecule has 0 saturated heterocycles. The molecule has 138 valence electrons. The largest absolute Gasteiger partial charge is 0.333 e. The normalized spacial score (nSPS) is 35.8. The number of nitrogens with zero attached hydrogens (tertiary/aromatic N) is 1. The Morgan fingerprint density at radius 1 is 1.12 bits per heavy atom. The summed E-state index contributed by atoms with van der Waals surface area (Å²) in [6.45, 7) is 2.14. The summed E-state index contributed by atoms with van der Waals surface area (Å²) in [4.78, 5) is 26.9. The number of benzene rings is 1. The quantitative estimate of drug-likeness (QED) is 0.868. The number of amides is 2. The van der Waals surface area contributed by atoms with Crippen molar-refractivity contribution in [2.45, 2.75) is 51.1 Å². The maximum Gasteiger partial charge on any atom is 0.285 e. The van der Waals surface area contributed by atoms with Crippen molar-refractivity contribution in [3.05, 3.63) is 24.3 Å². The monoisotopic (exact) mass is 354 g/mol. The van der Waals surface area contributed by atoms with Crippen LogP contribution in [0.1, 0.15) is 39.0 Å². The standard InChI is InChI=1S/C21H27N3O2/c1-12(22-20-15-7-13-6-14(9-15)10-16(20)8-13)21(26)24-11-19(25)23-17-4-2-3-5-18(17)24/h2-5,12-16,20,22H,6-11H2,1H3,(H,23,25)/p+1/t12-,13?,14?,15?,16?,20?/m1/s1. The van der Waals surface area contributed by atoms with Gasteiger partial charge in [-0.25, -0.2) is 0 Å². The number of hydrogen-bond acceptors (Lipinski definition) is 2. The maximum absolute atomic E-state index is 13.2. The summed E-state index contributed by atoms with van der Waals surface area (Å²) in [5.74, 6) is 3.42. The predicted octanol–water partition coefficient (Wildman–Crippen LogP) is 1.75. The van der Waals surface area contributed by atoms with E-state index in [1.807, 2.05) is 31.2 Å². The first-order valence-corrected chi connectivity index (χ1v) is 10.1. The molecule has 1 aliphatic heterocycles. The van der Waals surface area contributed by atoms with Crippen molar-refractivity contribution in [1.29, 1.82) is 0 Å². The third-order valence-corrected chi connectivity index (χ3v) is 7.24. The molecular weight excluding hydrogens is 326 g/mol. The van der Waals surface area contributed by atoms with E-state index in [0.29, 0.717) is 6.04 Å². The average Bonchev–Trinajstić information content (AvgIpc) is 2.62. The molecule has 0 aromatic heterocycles. The van der Waals surface area contributed by atoms with E-state index in [-0.39, 0.29) is 24.4 Å². The highest BCUT2D eigenvalue weighted by molar-refractivity contribution is 6.10. The van der Waals surface area contributed by atoms with Crippen LogP contribution in [0, 0.1) is 23.7 Å². The zero-order chi connectivity index (χ0) is 17.8. The Bertz CT molecular complexity index is 719. The Kier molecular flexibility index (Phi) is 3.82. The van der Waals surface area contributed by atoms with Crippen LogP contribution in [0.5, 0.6) is 0 Å². The number of anilines is 2. The fraction of sp³-hybridized carbons (Fsp3) is 0.619. The van der Waals surface area contributed by atoms with Gasteiger partial charge in [-0.3, -0.25) is 14.5 Å². The van der Waals surface area contributed by atoms with Gasteiger partial charge in [0.1, 0.15) is 6.54 Å². The molecule has 0 unspecified atom stereocenters. The number of hydrogen-bond donors (Lipinski definition) is 2. The van der Waals surface area contributed by atoms with Crippen LogP contribution in [0.15, 0.2) is 24.3 Å². The lowest BCUT2D eigenvalue weighted by molar-refractivity contribution is -0.725. The van der Waals surface area contributed by atoms with E-state index in [2.05, 4.69) is 10.6 Å². The molecule has 4 bridgehead atoms. The molecule has 5 aliphatic rings. The molecule has 1 aromatic rings. The van der Waals surface area contributed by atoms with Gasteiger partial charge in [0, 0.05) is 11.8 Å². The van der Waals surface area contributed by atoms with Gasteiger partial charge in [0.2, 0.25) is 5.91 Å². The van der Waals surface area contributed by atoms with Crippen molar-refractivity contribution in [3.63, 3.8) is 0 Å². The molecule has 2 amide bonds. The van der Waals surface area contributed by atoms with Crippen molar-refractivity contribution in [2.24, 2.45) is 23.7 Å². The Morgan fingerprint density at radius 2 is 1.77 bits per heavy atom. The van der Waals surface area contributed by atoms with E-state index in [1.165, 1.54) is 32.1 Å². The first-order valence-electron chi connectivity index (χ1n) is 10.1. The molecule has 1 atom stereocenters. The van der Waals surface area contributed by atoms with Crippen LogP contribution in [0.3, 0.4) is 0 Å². The molecular formula is C21H28N3O2+. The third-order valence-electron chi connectivity index (χ3n) is 7.24. The lowest BCUT2D eigenvalue weighted by atomic mass is 9.54. The van der Waals surface area contributed by atoms with Gasteiger partial charge in [-0.2, -0.15) is 0 Å². The first-order chi connectivity index (χ1) is 12.6. The van der Waals surface area contributed by atoms with E-state index in [0.717, 1.165) is 35.0 Å². The van der Waals surface area contributed by atoms with Gasteiger partial charge in [0.15, 0.2) is 6.04 Å². The fourth-order valence-corrected chi connectivity index (χ4v) is 6.37. The lowest BCUT2D eigenvalue weighted by Gasteiger charge is -2.53. The molecule has 4 aliphatic carbocycles. The van der Waals surface area contributed by atoms with E-state index in [9.17, 15) is 9.59 Å². The van der Waals surface area contributed by atoms with E-state index < -0.39 is 0 Å². The summed E-state index contributed by atoms with van der Waals surface area (Å²) in [7, 11) is 0. The second-order valence-electron chi connectivity index (χ2n) is 8.98. The van der Waals surface area contributed by atoms with Crippen LogP contribution in [-0.4, -0.2) is 30.4 Å². The molecule has 4 saturated carbocycles. The number of quaternary nitrogens is 1. The fourth-order valence-electron chi connectivity index (χ4n) is 6.37. The Morgan fingerprint density at radius 3 is 2.46 bits per heavy atom. The number of carbonyl (C=O) groups excluding carboxylic acids is 2. The summed E-state index contributed by atoms with van der Waals surface area (Å²) >= 11 is 0. The molecule has 5 heteroatoms. The SMILES string of the molecule is C[C@@H]([NH2+]C1C2CC3CC(C2)CC1C3)C(=O)N1CC(=O)Nc2ccccc21. The molecule has 6 rings (SSSR count). The molecule has 4 fully saturated rings.